The molecule has 3 rings (SSSR count). The first kappa shape index (κ1) is 27.7. The van der Waals surface area contributed by atoms with Crippen molar-refractivity contribution in [2.75, 3.05) is 6.54 Å². The van der Waals surface area contributed by atoms with Gasteiger partial charge >= 0.3 is 12.1 Å². The van der Waals surface area contributed by atoms with E-state index in [2.05, 4.69) is 37.0 Å². The number of nitrogens with zero attached hydrogens (tertiary/aromatic N) is 1. The van der Waals surface area contributed by atoms with Gasteiger partial charge in [-0.25, -0.2) is 4.79 Å². The maximum atomic E-state index is 13.3. The van der Waals surface area contributed by atoms with Gasteiger partial charge in [0.2, 0.25) is 11.8 Å². The first-order valence-electron chi connectivity index (χ1n) is 11.5. The summed E-state index contributed by atoms with van der Waals surface area (Å²) in [6, 6.07) is 15.9. The Balaban J connectivity index is 1.70. The van der Waals surface area contributed by atoms with Gasteiger partial charge in [0.25, 0.3) is 0 Å². The fraction of sp³-hybridized carbons (Fsp3) is 0.320. The lowest BCUT2D eigenvalue weighted by Crippen LogP contribution is -2.55. The van der Waals surface area contributed by atoms with E-state index in [0.717, 1.165) is 11.1 Å². The molecule has 2 aromatic carbocycles. The minimum Gasteiger partial charge on any atom is -0.480 e. The molecule has 11 nitrogen and oxygen atoms in total. The molecule has 3 atom stereocenters. The van der Waals surface area contributed by atoms with E-state index in [1.54, 1.807) is 36.4 Å². The Kier molecular flexibility index (Phi) is 10.4. The highest BCUT2D eigenvalue weighted by molar-refractivity contribution is 9.18. The molecule has 0 saturated heterocycles. The Morgan fingerprint density at radius 2 is 1.62 bits per heavy atom. The summed E-state index contributed by atoms with van der Waals surface area (Å²) in [7, 11) is 0. The summed E-state index contributed by atoms with van der Waals surface area (Å²) < 4.78 is 5.82. The molecule has 0 aromatic heterocycles. The van der Waals surface area contributed by atoms with Crippen LogP contribution in [0.15, 0.2) is 65.8 Å². The van der Waals surface area contributed by atoms with Crippen LogP contribution in [-0.4, -0.2) is 58.3 Å². The molecule has 12 heteroatoms. The van der Waals surface area contributed by atoms with E-state index >= 15 is 0 Å². The lowest BCUT2D eigenvalue weighted by Gasteiger charge is -2.24. The van der Waals surface area contributed by atoms with Crippen molar-refractivity contribution in [1.29, 1.82) is 0 Å². The summed E-state index contributed by atoms with van der Waals surface area (Å²) in [5.74, 6) is -2.58. The molecule has 0 radical (unpaired) electrons. The van der Waals surface area contributed by atoms with E-state index in [-0.39, 0.29) is 19.4 Å². The highest BCUT2D eigenvalue weighted by atomic mass is 79.9. The lowest BCUT2D eigenvalue weighted by atomic mass is 10.0. The van der Waals surface area contributed by atoms with Gasteiger partial charge in [-0.2, -0.15) is 0 Å². The molecule has 37 heavy (non-hydrogen) atoms. The molecule has 1 unspecified atom stereocenters. The normalized spacial score (nSPS) is 15.9. The van der Waals surface area contributed by atoms with Crippen molar-refractivity contribution in [3.63, 3.8) is 0 Å². The number of benzene rings is 2. The second kappa shape index (κ2) is 14.0. The standard InChI is InChI=1S/C25H27BrN4O7/c26-21-13-18(37-30-21)12-20(23(33)27-14-22(31)32)28-24(34)19(11-16-7-3-1-4-8-16)29-25(35)36-15-17-9-5-2-6-10-17/h1-10,18-20H,11-15H2,(H,27,33)(H,28,34)(H,29,35)(H,31,32)/t18?,19-,20-/m0/s1. The number of alkyl carbamates (subject to hydrolysis) is 1. The molecular formula is C25H27BrN4O7. The van der Waals surface area contributed by atoms with Gasteiger partial charge in [0, 0.05) is 19.3 Å². The number of carbonyl (C=O) groups is 4. The monoisotopic (exact) mass is 574 g/mol. The van der Waals surface area contributed by atoms with Gasteiger partial charge in [0.15, 0.2) is 0 Å². The summed E-state index contributed by atoms with van der Waals surface area (Å²) in [6.07, 6.45) is -0.761. The van der Waals surface area contributed by atoms with Crippen LogP contribution < -0.4 is 16.0 Å². The number of rotatable bonds is 12. The van der Waals surface area contributed by atoms with E-state index in [9.17, 15) is 19.2 Å². The predicted octanol–water partition coefficient (Wildman–Crippen LogP) is 2.10. The average molecular weight is 575 g/mol. The van der Waals surface area contributed by atoms with E-state index < -0.39 is 48.6 Å². The zero-order valence-electron chi connectivity index (χ0n) is 19.8. The van der Waals surface area contributed by atoms with E-state index in [1.165, 1.54) is 0 Å². The molecule has 1 heterocycles. The maximum Gasteiger partial charge on any atom is 0.408 e. The Morgan fingerprint density at radius 3 is 2.22 bits per heavy atom. The van der Waals surface area contributed by atoms with Crippen LogP contribution in [0.2, 0.25) is 0 Å². The first-order chi connectivity index (χ1) is 17.8. The number of carbonyl (C=O) groups excluding carboxylic acids is 3. The molecule has 0 bridgehead atoms. The summed E-state index contributed by atoms with van der Waals surface area (Å²) in [6.45, 7) is -0.602. The number of carboxylic acid groups (broad SMARTS) is 1. The molecule has 0 fully saturated rings. The largest absolute Gasteiger partial charge is 0.480 e. The van der Waals surface area contributed by atoms with Crippen LogP contribution in [-0.2, 0) is 37.0 Å². The van der Waals surface area contributed by atoms with Gasteiger partial charge in [-0.1, -0.05) is 65.8 Å². The smallest absolute Gasteiger partial charge is 0.408 e. The Bertz CT molecular complexity index is 1110. The third-order valence-corrected chi connectivity index (χ3v) is 5.81. The van der Waals surface area contributed by atoms with Gasteiger partial charge in [-0.05, 0) is 27.1 Å². The average Bonchev–Trinajstić information content (AvgIpc) is 3.30. The van der Waals surface area contributed by atoms with Gasteiger partial charge in [-0.15, -0.1) is 0 Å². The van der Waals surface area contributed by atoms with Crippen LogP contribution in [0.3, 0.4) is 0 Å². The summed E-state index contributed by atoms with van der Waals surface area (Å²) in [5, 5.41) is 20.2. The number of halogens is 1. The van der Waals surface area contributed by atoms with E-state index in [4.69, 9.17) is 14.7 Å². The van der Waals surface area contributed by atoms with Gasteiger partial charge in [0.05, 0.1) is 0 Å². The van der Waals surface area contributed by atoms with Crippen molar-refractivity contribution in [2.45, 2.75) is 44.1 Å². The summed E-state index contributed by atoms with van der Waals surface area (Å²) >= 11 is 3.22. The van der Waals surface area contributed by atoms with Crippen molar-refractivity contribution in [3.8, 4) is 0 Å². The second-order valence-corrected chi connectivity index (χ2v) is 9.17. The lowest BCUT2D eigenvalue weighted by molar-refractivity contribution is -0.138. The van der Waals surface area contributed by atoms with Crippen LogP contribution in [0.25, 0.3) is 0 Å². The molecule has 2 aromatic rings. The quantitative estimate of drug-likeness (QED) is 0.302. The number of amides is 3. The molecular weight excluding hydrogens is 548 g/mol. The first-order valence-corrected chi connectivity index (χ1v) is 12.3. The fourth-order valence-electron chi connectivity index (χ4n) is 3.54. The van der Waals surface area contributed by atoms with Crippen LogP contribution >= 0.6 is 15.9 Å². The Labute approximate surface area is 221 Å². The zero-order valence-corrected chi connectivity index (χ0v) is 21.3. The number of nitrogens with one attached hydrogen (secondary N) is 3. The SMILES string of the molecule is O=C(O)CNC(=O)[C@H](CC1CC(Br)=NO1)NC(=O)[C@H](Cc1ccccc1)NC(=O)OCc1ccccc1. The molecule has 0 aliphatic carbocycles. The number of hydrogen-bond donors (Lipinski definition) is 4. The molecule has 3 amide bonds. The van der Waals surface area contributed by atoms with Gasteiger partial charge in [0.1, 0.15) is 36.0 Å². The number of carboxylic acids is 1. The summed E-state index contributed by atoms with van der Waals surface area (Å²) in [4.78, 5) is 54.7. The second-order valence-electron chi connectivity index (χ2n) is 8.26. The Hall–Kier alpha value is -3.93. The number of hydrogen-bond acceptors (Lipinski definition) is 7. The number of oxime groups is 1. The minimum atomic E-state index is -1.23. The van der Waals surface area contributed by atoms with Crippen LogP contribution in [0.5, 0.6) is 0 Å². The summed E-state index contributed by atoms with van der Waals surface area (Å²) in [5.41, 5.74) is 1.55. The Morgan fingerprint density at radius 1 is 0.973 bits per heavy atom. The highest BCUT2D eigenvalue weighted by Gasteiger charge is 2.32. The van der Waals surface area contributed by atoms with Crippen LogP contribution in [0, 0.1) is 0 Å². The minimum absolute atomic E-state index is 0.0144. The number of aliphatic carboxylic acids is 1. The van der Waals surface area contributed by atoms with E-state index in [1.807, 2.05) is 24.3 Å². The van der Waals surface area contributed by atoms with Crippen molar-refractivity contribution < 1.29 is 33.9 Å². The molecule has 0 saturated carbocycles. The molecule has 196 valence electrons. The van der Waals surface area contributed by atoms with Crippen molar-refractivity contribution in [3.05, 3.63) is 71.8 Å². The molecule has 1 aliphatic heterocycles. The third kappa shape index (κ3) is 9.56. The highest BCUT2D eigenvalue weighted by Crippen LogP contribution is 2.19. The third-order valence-electron chi connectivity index (χ3n) is 5.35. The van der Waals surface area contributed by atoms with Crippen LogP contribution in [0.4, 0.5) is 4.79 Å². The maximum absolute atomic E-state index is 13.3. The predicted molar refractivity (Wildman–Crippen MR) is 137 cm³/mol. The fourth-order valence-corrected chi connectivity index (χ4v) is 3.98. The van der Waals surface area contributed by atoms with Crippen molar-refractivity contribution in [2.24, 2.45) is 5.16 Å². The topological polar surface area (TPSA) is 155 Å². The molecule has 0 spiro atoms. The van der Waals surface area contributed by atoms with Crippen molar-refractivity contribution >= 4 is 44.4 Å². The van der Waals surface area contributed by atoms with Crippen molar-refractivity contribution in [1.82, 2.24) is 16.0 Å². The zero-order chi connectivity index (χ0) is 26.6. The molecule has 4 N–H and O–H groups in total. The van der Waals surface area contributed by atoms with Gasteiger partial charge in [-0.3, -0.25) is 14.4 Å². The van der Waals surface area contributed by atoms with E-state index in [0.29, 0.717) is 11.0 Å². The number of ether oxygens (including phenoxy) is 1. The van der Waals surface area contributed by atoms with Gasteiger partial charge < -0.3 is 30.6 Å². The molecule has 1 aliphatic rings. The van der Waals surface area contributed by atoms with Crippen LogP contribution in [0.1, 0.15) is 24.0 Å².